The molecule has 1 saturated carbocycles. The lowest BCUT2D eigenvalue weighted by Gasteiger charge is -2.40. The van der Waals surface area contributed by atoms with Crippen molar-refractivity contribution in [2.24, 2.45) is 5.41 Å². The van der Waals surface area contributed by atoms with E-state index in [0.717, 1.165) is 12.3 Å². The SMILES string of the molecule is COc1ccc(CNC2CCCC23CCNCC3)cc1.Cl. The molecule has 1 aliphatic carbocycles. The molecule has 2 fully saturated rings. The largest absolute Gasteiger partial charge is 0.497 e. The molecule has 1 aromatic carbocycles. The van der Waals surface area contributed by atoms with Crippen LogP contribution in [0.4, 0.5) is 0 Å². The zero-order valence-corrected chi connectivity index (χ0v) is 13.7. The Morgan fingerprint density at radius 2 is 1.90 bits per heavy atom. The Bertz CT molecular complexity index is 429. The van der Waals surface area contributed by atoms with E-state index in [-0.39, 0.29) is 12.4 Å². The van der Waals surface area contributed by atoms with Crippen LogP contribution in [0.2, 0.25) is 0 Å². The summed E-state index contributed by atoms with van der Waals surface area (Å²) in [5.74, 6) is 0.935. The van der Waals surface area contributed by atoms with Crippen molar-refractivity contribution in [3.63, 3.8) is 0 Å². The smallest absolute Gasteiger partial charge is 0.118 e. The van der Waals surface area contributed by atoms with Crippen LogP contribution in [0.15, 0.2) is 24.3 Å². The van der Waals surface area contributed by atoms with E-state index in [1.807, 2.05) is 12.1 Å². The molecule has 3 rings (SSSR count). The summed E-state index contributed by atoms with van der Waals surface area (Å²) in [4.78, 5) is 0. The topological polar surface area (TPSA) is 33.3 Å². The third-order valence-electron chi connectivity index (χ3n) is 5.22. The Labute approximate surface area is 134 Å². The van der Waals surface area contributed by atoms with E-state index < -0.39 is 0 Å². The molecule has 2 N–H and O–H groups in total. The summed E-state index contributed by atoms with van der Waals surface area (Å²) in [5.41, 5.74) is 1.92. The quantitative estimate of drug-likeness (QED) is 0.896. The van der Waals surface area contributed by atoms with Crippen molar-refractivity contribution in [1.82, 2.24) is 10.6 Å². The molecule has 1 atom stereocenters. The van der Waals surface area contributed by atoms with Crippen LogP contribution in [-0.2, 0) is 6.54 Å². The van der Waals surface area contributed by atoms with E-state index in [0.29, 0.717) is 11.5 Å². The molecule has 0 bridgehead atoms. The minimum Gasteiger partial charge on any atom is -0.497 e. The van der Waals surface area contributed by atoms with E-state index in [4.69, 9.17) is 4.74 Å². The molecule has 1 aliphatic heterocycles. The molecule has 1 aromatic rings. The number of rotatable bonds is 4. The molecule has 1 unspecified atom stereocenters. The van der Waals surface area contributed by atoms with Crippen LogP contribution >= 0.6 is 12.4 Å². The van der Waals surface area contributed by atoms with E-state index >= 15 is 0 Å². The van der Waals surface area contributed by atoms with E-state index in [1.165, 1.54) is 50.8 Å². The minimum absolute atomic E-state index is 0. The average Bonchev–Trinajstić information content (AvgIpc) is 2.88. The summed E-state index contributed by atoms with van der Waals surface area (Å²) in [7, 11) is 1.71. The Hall–Kier alpha value is -0.770. The van der Waals surface area contributed by atoms with Crippen LogP contribution in [0.1, 0.15) is 37.7 Å². The molecule has 4 heteroatoms. The van der Waals surface area contributed by atoms with Gasteiger partial charge >= 0.3 is 0 Å². The summed E-state index contributed by atoms with van der Waals surface area (Å²) in [6.07, 6.45) is 6.83. The fourth-order valence-corrected chi connectivity index (χ4v) is 3.96. The molecule has 1 heterocycles. The molecule has 118 valence electrons. The lowest BCUT2D eigenvalue weighted by atomic mass is 9.74. The second kappa shape index (κ2) is 7.48. The molecular weight excluding hydrogens is 284 g/mol. The van der Waals surface area contributed by atoms with Gasteiger partial charge in [-0.2, -0.15) is 0 Å². The molecule has 0 amide bonds. The van der Waals surface area contributed by atoms with Gasteiger partial charge in [0.1, 0.15) is 5.75 Å². The van der Waals surface area contributed by atoms with E-state index in [9.17, 15) is 0 Å². The zero-order chi connectivity index (χ0) is 13.8. The van der Waals surface area contributed by atoms with Gasteiger partial charge in [0.15, 0.2) is 0 Å². The number of hydrogen-bond donors (Lipinski definition) is 2. The van der Waals surface area contributed by atoms with Crippen LogP contribution in [0.3, 0.4) is 0 Å². The van der Waals surface area contributed by atoms with Gasteiger partial charge in [0.2, 0.25) is 0 Å². The number of benzene rings is 1. The van der Waals surface area contributed by atoms with Gasteiger partial charge in [-0.05, 0) is 61.9 Å². The van der Waals surface area contributed by atoms with E-state index in [1.54, 1.807) is 7.11 Å². The predicted octanol–water partition coefficient (Wildman–Crippen LogP) is 3.13. The van der Waals surface area contributed by atoms with Gasteiger partial charge in [0.05, 0.1) is 7.11 Å². The molecule has 1 spiro atoms. The number of hydrogen-bond acceptors (Lipinski definition) is 3. The van der Waals surface area contributed by atoms with Crippen molar-refractivity contribution in [2.45, 2.75) is 44.7 Å². The summed E-state index contributed by atoms with van der Waals surface area (Å²) in [6.45, 7) is 3.37. The van der Waals surface area contributed by atoms with Crippen molar-refractivity contribution in [3.8, 4) is 5.75 Å². The molecule has 0 radical (unpaired) electrons. The Morgan fingerprint density at radius 3 is 2.57 bits per heavy atom. The van der Waals surface area contributed by atoms with Gasteiger partial charge in [-0.15, -0.1) is 12.4 Å². The van der Waals surface area contributed by atoms with Crippen molar-refractivity contribution in [2.75, 3.05) is 20.2 Å². The summed E-state index contributed by atoms with van der Waals surface area (Å²) < 4.78 is 5.21. The number of halogens is 1. The monoisotopic (exact) mass is 310 g/mol. The number of methoxy groups -OCH3 is 1. The first-order chi connectivity index (χ1) is 9.82. The van der Waals surface area contributed by atoms with Gasteiger partial charge in [0.25, 0.3) is 0 Å². The number of ether oxygens (including phenoxy) is 1. The van der Waals surface area contributed by atoms with Crippen LogP contribution in [0, 0.1) is 5.41 Å². The van der Waals surface area contributed by atoms with Gasteiger partial charge in [-0.25, -0.2) is 0 Å². The Morgan fingerprint density at radius 1 is 1.19 bits per heavy atom. The zero-order valence-electron chi connectivity index (χ0n) is 12.9. The highest BCUT2D eigenvalue weighted by atomic mass is 35.5. The third kappa shape index (κ3) is 3.71. The number of piperidine rings is 1. The predicted molar refractivity (Wildman–Crippen MR) is 89.3 cm³/mol. The molecule has 2 aliphatic rings. The fraction of sp³-hybridized carbons (Fsp3) is 0.647. The highest BCUT2D eigenvalue weighted by Gasteiger charge is 2.42. The minimum atomic E-state index is 0. The van der Waals surface area contributed by atoms with E-state index in [2.05, 4.69) is 22.8 Å². The fourth-order valence-electron chi connectivity index (χ4n) is 3.96. The van der Waals surface area contributed by atoms with Gasteiger partial charge in [-0.1, -0.05) is 18.6 Å². The lowest BCUT2D eigenvalue weighted by Crippen LogP contribution is -2.47. The third-order valence-corrected chi connectivity index (χ3v) is 5.22. The summed E-state index contributed by atoms with van der Waals surface area (Å²) >= 11 is 0. The van der Waals surface area contributed by atoms with Crippen LogP contribution in [-0.4, -0.2) is 26.2 Å². The summed E-state index contributed by atoms with van der Waals surface area (Å²) in [5, 5.41) is 7.33. The Balaban J connectivity index is 0.00000161. The van der Waals surface area contributed by atoms with Gasteiger partial charge < -0.3 is 15.4 Å². The van der Waals surface area contributed by atoms with Crippen LogP contribution in [0.5, 0.6) is 5.75 Å². The normalized spacial score (nSPS) is 23.8. The van der Waals surface area contributed by atoms with Gasteiger partial charge in [0, 0.05) is 12.6 Å². The maximum absolute atomic E-state index is 5.21. The molecule has 21 heavy (non-hydrogen) atoms. The molecule has 0 aromatic heterocycles. The van der Waals surface area contributed by atoms with Gasteiger partial charge in [-0.3, -0.25) is 0 Å². The average molecular weight is 311 g/mol. The molecule has 3 nitrogen and oxygen atoms in total. The maximum atomic E-state index is 5.21. The second-order valence-corrected chi connectivity index (χ2v) is 6.29. The highest BCUT2D eigenvalue weighted by molar-refractivity contribution is 5.85. The number of nitrogens with one attached hydrogen (secondary N) is 2. The highest BCUT2D eigenvalue weighted by Crippen LogP contribution is 2.45. The molecular formula is C17H27ClN2O. The first-order valence-corrected chi connectivity index (χ1v) is 7.89. The standard InChI is InChI=1S/C17H26N2O.ClH/c1-20-15-6-4-14(5-7-15)13-19-16-3-2-8-17(16)9-11-18-12-10-17;/h4-7,16,18-19H,2-3,8-13H2,1H3;1H. The first-order valence-electron chi connectivity index (χ1n) is 7.89. The van der Waals surface area contributed by atoms with Crippen LogP contribution < -0.4 is 15.4 Å². The first kappa shape index (κ1) is 16.6. The van der Waals surface area contributed by atoms with Crippen molar-refractivity contribution in [3.05, 3.63) is 29.8 Å². The molecule has 1 saturated heterocycles. The maximum Gasteiger partial charge on any atom is 0.118 e. The summed E-state index contributed by atoms with van der Waals surface area (Å²) in [6, 6.07) is 9.12. The van der Waals surface area contributed by atoms with Crippen LogP contribution in [0.25, 0.3) is 0 Å². The van der Waals surface area contributed by atoms with Crippen molar-refractivity contribution in [1.29, 1.82) is 0 Å². The Kier molecular flexibility index (Phi) is 5.91. The van der Waals surface area contributed by atoms with Crippen molar-refractivity contribution < 1.29 is 4.74 Å². The lowest BCUT2D eigenvalue weighted by molar-refractivity contribution is 0.159. The second-order valence-electron chi connectivity index (χ2n) is 6.29. The van der Waals surface area contributed by atoms with Crippen molar-refractivity contribution >= 4 is 12.4 Å².